The average Bonchev–Trinajstić information content (AvgIpc) is 2.94. The average molecular weight is 372 g/mol. The van der Waals surface area contributed by atoms with Crippen LogP contribution >= 0.6 is 0 Å². The first-order chi connectivity index (χ1) is 12.1. The number of hydrogen-bond donors (Lipinski definition) is 2. The van der Waals surface area contributed by atoms with Gasteiger partial charge < -0.3 is 4.98 Å². The number of nitrogens with zero attached hydrogens (tertiary/aromatic N) is 1. The molecule has 2 aromatic carbocycles. The molecule has 3 aromatic rings. The minimum Gasteiger partial charge on any atom is -0.341 e. The number of para-hydroxylation sites is 2. The van der Waals surface area contributed by atoms with Gasteiger partial charge in [0.25, 0.3) is 0 Å². The third kappa shape index (κ3) is 3.66. The van der Waals surface area contributed by atoms with Gasteiger partial charge in [-0.1, -0.05) is 45.0 Å². The highest BCUT2D eigenvalue weighted by atomic mass is 32.2. The predicted octanol–water partition coefficient (Wildman–Crippen LogP) is 3.96. The Kier molecular flexibility index (Phi) is 4.67. The molecule has 0 atom stereocenters. The lowest BCUT2D eigenvalue weighted by atomic mass is 9.85. The van der Waals surface area contributed by atoms with Crippen LogP contribution < -0.4 is 4.72 Å². The summed E-state index contributed by atoms with van der Waals surface area (Å²) in [5.74, 6) is 0.594. The Bertz CT molecular complexity index is 1000. The summed E-state index contributed by atoms with van der Waals surface area (Å²) in [6.07, 6.45) is 0. The summed E-state index contributed by atoms with van der Waals surface area (Å²) in [5.41, 5.74) is 4.33. The van der Waals surface area contributed by atoms with Crippen molar-refractivity contribution in [3.8, 4) is 0 Å². The van der Waals surface area contributed by atoms with E-state index in [-0.39, 0.29) is 12.0 Å². The number of aromatic amines is 1. The van der Waals surface area contributed by atoms with Crippen molar-refractivity contribution >= 4 is 21.1 Å². The fourth-order valence-corrected chi connectivity index (χ4v) is 4.57. The summed E-state index contributed by atoms with van der Waals surface area (Å²) in [6.45, 7) is 10.2. The van der Waals surface area contributed by atoms with E-state index >= 15 is 0 Å². The maximum Gasteiger partial charge on any atom is 0.241 e. The van der Waals surface area contributed by atoms with Crippen LogP contribution in [0.3, 0.4) is 0 Å². The molecule has 0 amide bonds. The number of imidazole rings is 1. The van der Waals surface area contributed by atoms with Crippen LogP contribution in [0.25, 0.3) is 11.0 Å². The molecule has 2 N–H and O–H groups in total. The number of rotatable bonds is 4. The van der Waals surface area contributed by atoms with Crippen molar-refractivity contribution in [2.24, 2.45) is 0 Å². The van der Waals surface area contributed by atoms with Gasteiger partial charge in [-0.05, 0) is 48.1 Å². The molecule has 0 aliphatic carbocycles. The van der Waals surface area contributed by atoms with E-state index in [0.717, 1.165) is 27.7 Å². The van der Waals surface area contributed by atoms with Crippen LogP contribution in [-0.2, 0) is 22.0 Å². The zero-order chi connectivity index (χ0) is 19.1. The molecule has 26 heavy (non-hydrogen) atoms. The third-order valence-corrected chi connectivity index (χ3v) is 6.17. The highest BCUT2D eigenvalue weighted by Gasteiger charge is 2.23. The minimum atomic E-state index is -3.63. The van der Waals surface area contributed by atoms with E-state index in [1.54, 1.807) is 0 Å². The van der Waals surface area contributed by atoms with Crippen molar-refractivity contribution in [1.29, 1.82) is 0 Å². The molecule has 0 radical (unpaired) electrons. The van der Waals surface area contributed by atoms with E-state index in [9.17, 15) is 8.42 Å². The molecule has 6 heteroatoms. The van der Waals surface area contributed by atoms with Gasteiger partial charge in [-0.25, -0.2) is 18.1 Å². The van der Waals surface area contributed by atoms with Crippen molar-refractivity contribution in [3.05, 3.63) is 58.9 Å². The second kappa shape index (κ2) is 6.52. The minimum absolute atomic E-state index is 0.0283. The second-order valence-electron chi connectivity index (χ2n) is 7.71. The van der Waals surface area contributed by atoms with E-state index in [1.165, 1.54) is 0 Å². The molecule has 1 aromatic heterocycles. The van der Waals surface area contributed by atoms with Crippen LogP contribution in [0.2, 0.25) is 0 Å². The largest absolute Gasteiger partial charge is 0.341 e. The maximum atomic E-state index is 12.9. The molecule has 0 fully saturated rings. The van der Waals surface area contributed by atoms with Crippen molar-refractivity contribution in [3.63, 3.8) is 0 Å². The maximum absolute atomic E-state index is 12.9. The standard InChI is InChI=1S/C20H25N3O2S/c1-13-10-15(20(3,4)5)11-14(2)19(13)26(24,25)21-12-18-22-16-8-6-7-9-17(16)23-18/h6-11,21H,12H2,1-5H3,(H,22,23). The lowest BCUT2D eigenvalue weighted by Gasteiger charge is -2.22. The molecule has 0 saturated heterocycles. The number of sulfonamides is 1. The Labute approximate surface area is 154 Å². The summed E-state index contributed by atoms with van der Waals surface area (Å²) < 4.78 is 28.4. The summed E-state index contributed by atoms with van der Waals surface area (Å²) in [5, 5.41) is 0. The Morgan fingerprint density at radius 2 is 1.69 bits per heavy atom. The molecule has 0 bridgehead atoms. The van der Waals surface area contributed by atoms with Gasteiger partial charge in [0.2, 0.25) is 10.0 Å². The first kappa shape index (κ1) is 18.6. The smallest absolute Gasteiger partial charge is 0.241 e. The van der Waals surface area contributed by atoms with E-state index in [1.807, 2.05) is 50.2 Å². The van der Waals surface area contributed by atoms with Gasteiger partial charge in [0.1, 0.15) is 5.82 Å². The molecule has 5 nitrogen and oxygen atoms in total. The van der Waals surface area contributed by atoms with Gasteiger partial charge in [0.05, 0.1) is 22.5 Å². The molecule has 0 unspecified atom stereocenters. The molecule has 0 aliphatic heterocycles. The summed E-state index contributed by atoms with van der Waals surface area (Å²) in [6, 6.07) is 11.5. The van der Waals surface area contributed by atoms with Crippen LogP contribution in [-0.4, -0.2) is 18.4 Å². The van der Waals surface area contributed by atoms with Gasteiger partial charge in [-0.2, -0.15) is 0 Å². The SMILES string of the molecule is Cc1cc(C(C)(C)C)cc(C)c1S(=O)(=O)NCc1nc2ccccc2[nH]1. The fraction of sp³-hybridized carbons (Fsp3) is 0.350. The molecule has 1 heterocycles. The van der Waals surface area contributed by atoms with Crippen LogP contribution in [0, 0.1) is 13.8 Å². The van der Waals surface area contributed by atoms with Crippen LogP contribution in [0.4, 0.5) is 0 Å². The molecule has 138 valence electrons. The van der Waals surface area contributed by atoms with E-state index < -0.39 is 10.0 Å². The number of benzene rings is 2. The number of aryl methyl sites for hydroxylation is 2. The highest BCUT2D eigenvalue weighted by molar-refractivity contribution is 7.89. The van der Waals surface area contributed by atoms with Gasteiger partial charge >= 0.3 is 0 Å². The topological polar surface area (TPSA) is 74.8 Å². The van der Waals surface area contributed by atoms with Crippen molar-refractivity contribution in [1.82, 2.24) is 14.7 Å². The Morgan fingerprint density at radius 3 is 2.27 bits per heavy atom. The van der Waals surface area contributed by atoms with Gasteiger partial charge in [0, 0.05) is 0 Å². The molecule has 0 aliphatic rings. The Hall–Kier alpha value is -2.18. The van der Waals surface area contributed by atoms with E-state index in [0.29, 0.717) is 10.7 Å². The first-order valence-corrected chi connectivity index (χ1v) is 10.1. The third-order valence-electron chi connectivity index (χ3n) is 4.46. The Morgan fingerprint density at radius 1 is 1.08 bits per heavy atom. The molecular formula is C20H25N3O2S. The quantitative estimate of drug-likeness (QED) is 0.729. The summed E-state index contributed by atoms with van der Waals surface area (Å²) in [7, 11) is -3.63. The van der Waals surface area contributed by atoms with Gasteiger partial charge in [-0.15, -0.1) is 0 Å². The number of aromatic nitrogens is 2. The molecule has 0 saturated carbocycles. The monoisotopic (exact) mass is 371 g/mol. The second-order valence-corrected chi connectivity index (χ2v) is 9.42. The van der Waals surface area contributed by atoms with Crippen molar-refractivity contribution in [2.45, 2.75) is 51.5 Å². The van der Waals surface area contributed by atoms with Gasteiger partial charge in [-0.3, -0.25) is 0 Å². The zero-order valence-corrected chi connectivity index (χ0v) is 16.7. The van der Waals surface area contributed by atoms with Crippen LogP contribution in [0.1, 0.15) is 43.3 Å². The summed E-state index contributed by atoms with van der Waals surface area (Å²) in [4.78, 5) is 7.91. The van der Waals surface area contributed by atoms with Crippen LogP contribution in [0.15, 0.2) is 41.3 Å². The van der Waals surface area contributed by atoms with E-state index in [4.69, 9.17) is 0 Å². The lowest BCUT2D eigenvalue weighted by Crippen LogP contribution is -2.26. The first-order valence-electron chi connectivity index (χ1n) is 8.63. The highest BCUT2D eigenvalue weighted by Crippen LogP contribution is 2.29. The fourth-order valence-electron chi connectivity index (χ4n) is 3.13. The number of hydrogen-bond acceptors (Lipinski definition) is 3. The number of H-pyrrole nitrogens is 1. The van der Waals surface area contributed by atoms with Gasteiger partial charge in [0.15, 0.2) is 0 Å². The number of fused-ring (bicyclic) bond motifs is 1. The summed E-state index contributed by atoms with van der Waals surface area (Å²) >= 11 is 0. The Balaban J connectivity index is 1.88. The molecular weight excluding hydrogens is 346 g/mol. The lowest BCUT2D eigenvalue weighted by molar-refractivity contribution is 0.574. The van der Waals surface area contributed by atoms with Crippen LogP contribution in [0.5, 0.6) is 0 Å². The van der Waals surface area contributed by atoms with E-state index in [2.05, 4.69) is 35.5 Å². The molecule has 0 spiro atoms. The van der Waals surface area contributed by atoms with Crippen molar-refractivity contribution in [2.75, 3.05) is 0 Å². The zero-order valence-electron chi connectivity index (χ0n) is 15.8. The predicted molar refractivity (Wildman–Crippen MR) is 105 cm³/mol. The molecule has 3 rings (SSSR count). The number of nitrogens with one attached hydrogen (secondary N) is 2. The normalized spacial score (nSPS) is 12.7. The van der Waals surface area contributed by atoms with Crippen molar-refractivity contribution < 1.29 is 8.42 Å².